The number of hydrogen-bond acceptors (Lipinski definition) is 5. The van der Waals surface area contributed by atoms with Crippen LogP contribution in [0, 0.1) is 5.92 Å². The van der Waals surface area contributed by atoms with Crippen LogP contribution >= 0.6 is 0 Å². The standard InChI is InChI=1S/C14H25N3O5/c1-5-21-12(19)16-15-11(18)10-7-6-8-17(9-10)13(20)22-14(2,3)4/h10H,5-9H2,1-4H3,(H,15,18)(H,16,19)/t10-/m0/s1. The second-order valence-corrected chi connectivity index (χ2v) is 6.10. The molecule has 0 saturated carbocycles. The summed E-state index contributed by atoms with van der Waals surface area (Å²) in [5.41, 5.74) is 3.90. The van der Waals surface area contributed by atoms with Crippen LogP contribution < -0.4 is 10.9 Å². The maximum Gasteiger partial charge on any atom is 0.426 e. The highest BCUT2D eigenvalue weighted by molar-refractivity contribution is 5.82. The molecule has 2 N–H and O–H groups in total. The number of ether oxygens (including phenoxy) is 2. The molecule has 0 spiro atoms. The van der Waals surface area contributed by atoms with Crippen molar-refractivity contribution in [3.05, 3.63) is 0 Å². The van der Waals surface area contributed by atoms with E-state index < -0.39 is 17.8 Å². The number of hydrogen-bond donors (Lipinski definition) is 2. The van der Waals surface area contributed by atoms with Crippen molar-refractivity contribution >= 4 is 18.1 Å². The summed E-state index contributed by atoms with van der Waals surface area (Å²) in [6.07, 6.45) is 0.214. The molecule has 0 unspecified atom stereocenters. The number of likely N-dealkylation sites (tertiary alicyclic amines) is 1. The quantitative estimate of drug-likeness (QED) is 0.751. The predicted octanol–water partition coefficient (Wildman–Crippen LogP) is 1.41. The third kappa shape index (κ3) is 6.19. The zero-order chi connectivity index (χ0) is 16.8. The Morgan fingerprint density at radius 3 is 2.50 bits per heavy atom. The summed E-state index contributed by atoms with van der Waals surface area (Å²) in [7, 11) is 0. The van der Waals surface area contributed by atoms with Gasteiger partial charge in [-0.1, -0.05) is 0 Å². The lowest BCUT2D eigenvalue weighted by Gasteiger charge is -2.33. The summed E-state index contributed by atoms with van der Waals surface area (Å²) >= 11 is 0. The van der Waals surface area contributed by atoms with Crippen molar-refractivity contribution in [2.75, 3.05) is 19.7 Å². The van der Waals surface area contributed by atoms with Gasteiger partial charge in [0.05, 0.1) is 12.5 Å². The van der Waals surface area contributed by atoms with E-state index in [1.165, 1.54) is 4.90 Å². The van der Waals surface area contributed by atoms with Gasteiger partial charge in [-0.25, -0.2) is 15.0 Å². The molecule has 1 saturated heterocycles. The maximum atomic E-state index is 12.0. The minimum atomic E-state index is -0.712. The Bertz CT molecular complexity index is 419. The highest BCUT2D eigenvalue weighted by atomic mass is 16.6. The number of nitrogens with zero attached hydrogens (tertiary/aromatic N) is 1. The first-order valence-corrected chi connectivity index (χ1v) is 7.43. The molecule has 1 aliphatic rings. The van der Waals surface area contributed by atoms with E-state index >= 15 is 0 Å². The van der Waals surface area contributed by atoms with E-state index in [1.807, 2.05) is 0 Å². The van der Waals surface area contributed by atoms with Crippen LogP contribution in [0.15, 0.2) is 0 Å². The van der Waals surface area contributed by atoms with Gasteiger partial charge in [0.25, 0.3) is 0 Å². The average Bonchev–Trinajstić information content (AvgIpc) is 2.43. The second-order valence-electron chi connectivity index (χ2n) is 6.10. The van der Waals surface area contributed by atoms with Gasteiger partial charge in [-0.15, -0.1) is 0 Å². The van der Waals surface area contributed by atoms with Gasteiger partial charge >= 0.3 is 12.2 Å². The second kappa shape index (κ2) is 7.86. The van der Waals surface area contributed by atoms with E-state index in [0.29, 0.717) is 19.4 Å². The van der Waals surface area contributed by atoms with Gasteiger partial charge in [0.15, 0.2) is 0 Å². The van der Waals surface area contributed by atoms with Crippen molar-refractivity contribution < 1.29 is 23.9 Å². The van der Waals surface area contributed by atoms with E-state index in [-0.39, 0.29) is 25.0 Å². The highest BCUT2D eigenvalue weighted by Crippen LogP contribution is 2.19. The van der Waals surface area contributed by atoms with E-state index in [9.17, 15) is 14.4 Å². The number of rotatable bonds is 2. The first-order valence-electron chi connectivity index (χ1n) is 7.43. The van der Waals surface area contributed by atoms with Crippen molar-refractivity contribution in [2.24, 2.45) is 5.92 Å². The van der Waals surface area contributed by atoms with E-state index in [1.54, 1.807) is 27.7 Å². The van der Waals surface area contributed by atoms with Crippen LogP contribution in [0.1, 0.15) is 40.5 Å². The van der Waals surface area contributed by atoms with Gasteiger partial charge in [0.1, 0.15) is 5.60 Å². The Morgan fingerprint density at radius 1 is 1.23 bits per heavy atom. The number of amides is 3. The first kappa shape index (κ1) is 18.1. The topological polar surface area (TPSA) is 97.0 Å². The Balaban J connectivity index is 2.47. The molecule has 0 aromatic heterocycles. The van der Waals surface area contributed by atoms with Crippen LogP contribution in [0.25, 0.3) is 0 Å². The SMILES string of the molecule is CCOC(=O)NNC(=O)[C@H]1CCCN(C(=O)OC(C)(C)C)C1. The summed E-state index contributed by atoms with van der Waals surface area (Å²) in [6, 6.07) is 0. The van der Waals surface area contributed by atoms with Crippen LogP contribution in [0.4, 0.5) is 9.59 Å². The molecule has 0 bridgehead atoms. The smallest absolute Gasteiger partial charge is 0.426 e. The lowest BCUT2D eigenvalue weighted by molar-refractivity contribution is -0.127. The van der Waals surface area contributed by atoms with Crippen LogP contribution in [-0.4, -0.2) is 48.3 Å². The normalized spacial score (nSPS) is 18.4. The molecule has 0 aromatic rings. The number of carbonyl (C=O) groups excluding carboxylic acids is 3. The van der Waals surface area contributed by atoms with Crippen LogP contribution in [0.2, 0.25) is 0 Å². The molecule has 0 aromatic carbocycles. The molecule has 8 heteroatoms. The van der Waals surface area contributed by atoms with Gasteiger partial charge in [0, 0.05) is 13.1 Å². The molecular weight excluding hydrogens is 290 g/mol. The Hall–Kier alpha value is -1.99. The monoisotopic (exact) mass is 315 g/mol. The van der Waals surface area contributed by atoms with Crippen molar-refractivity contribution in [3.63, 3.8) is 0 Å². The van der Waals surface area contributed by atoms with Crippen molar-refractivity contribution in [1.82, 2.24) is 15.8 Å². The van der Waals surface area contributed by atoms with Gasteiger partial charge in [0.2, 0.25) is 5.91 Å². The van der Waals surface area contributed by atoms with E-state index in [4.69, 9.17) is 4.74 Å². The largest absolute Gasteiger partial charge is 0.449 e. The third-order valence-electron chi connectivity index (χ3n) is 3.01. The molecule has 8 nitrogen and oxygen atoms in total. The fourth-order valence-electron chi connectivity index (χ4n) is 2.07. The number of nitrogens with one attached hydrogen (secondary N) is 2. The van der Waals surface area contributed by atoms with E-state index in [0.717, 1.165) is 0 Å². The van der Waals surface area contributed by atoms with Crippen molar-refractivity contribution in [3.8, 4) is 0 Å². The minimum Gasteiger partial charge on any atom is -0.449 e. The van der Waals surface area contributed by atoms with Crippen LogP contribution in [-0.2, 0) is 14.3 Å². The molecule has 0 radical (unpaired) electrons. The lowest BCUT2D eigenvalue weighted by atomic mass is 9.98. The molecule has 1 aliphatic heterocycles. The Kier molecular flexibility index (Phi) is 6.45. The zero-order valence-corrected chi connectivity index (χ0v) is 13.6. The number of piperidine rings is 1. The molecule has 1 fully saturated rings. The highest BCUT2D eigenvalue weighted by Gasteiger charge is 2.31. The van der Waals surface area contributed by atoms with Gasteiger partial charge < -0.3 is 14.4 Å². The summed E-state index contributed by atoms with van der Waals surface area (Å²) in [4.78, 5) is 36.7. The Morgan fingerprint density at radius 2 is 1.91 bits per heavy atom. The lowest BCUT2D eigenvalue weighted by Crippen LogP contribution is -2.50. The summed E-state index contributed by atoms with van der Waals surface area (Å²) in [6.45, 7) is 8.10. The molecule has 1 heterocycles. The summed E-state index contributed by atoms with van der Waals surface area (Å²) in [5.74, 6) is -0.732. The van der Waals surface area contributed by atoms with E-state index in [2.05, 4.69) is 15.6 Å². The molecule has 126 valence electrons. The van der Waals surface area contributed by atoms with Crippen molar-refractivity contribution in [1.29, 1.82) is 0 Å². The first-order chi connectivity index (χ1) is 10.2. The fourth-order valence-corrected chi connectivity index (χ4v) is 2.07. The van der Waals surface area contributed by atoms with Gasteiger partial charge in [-0.3, -0.25) is 10.2 Å². The van der Waals surface area contributed by atoms with Gasteiger partial charge in [-0.05, 0) is 40.5 Å². The maximum absolute atomic E-state index is 12.0. The van der Waals surface area contributed by atoms with Crippen LogP contribution in [0.5, 0.6) is 0 Å². The summed E-state index contributed by atoms with van der Waals surface area (Å²) < 4.78 is 9.95. The third-order valence-corrected chi connectivity index (χ3v) is 3.01. The average molecular weight is 315 g/mol. The molecule has 0 aliphatic carbocycles. The zero-order valence-electron chi connectivity index (χ0n) is 13.6. The molecule has 3 amide bonds. The van der Waals surface area contributed by atoms with Gasteiger partial charge in [-0.2, -0.15) is 0 Å². The fraction of sp³-hybridized carbons (Fsp3) is 0.786. The molecular formula is C14H25N3O5. The molecule has 22 heavy (non-hydrogen) atoms. The summed E-state index contributed by atoms with van der Waals surface area (Å²) in [5, 5.41) is 0. The number of carbonyl (C=O) groups is 3. The Labute approximate surface area is 130 Å². The predicted molar refractivity (Wildman–Crippen MR) is 78.8 cm³/mol. The number of hydrazine groups is 1. The molecule has 1 atom stereocenters. The molecule has 1 rings (SSSR count). The van der Waals surface area contributed by atoms with Crippen molar-refractivity contribution in [2.45, 2.75) is 46.1 Å². The minimum absolute atomic E-state index is 0.220. The van der Waals surface area contributed by atoms with Crippen LogP contribution in [0.3, 0.4) is 0 Å².